The zero-order valence-corrected chi connectivity index (χ0v) is 13.9. The number of nitrogens with one attached hydrogen (secondary N) is 1. The summed E-state index contributed by atoms with van der Waals surface area (Å²) in [4.78, 5) is 9.27. The lowest BCUT2D eigenvalue weighted by Crippen LogP contribution is -2.34. The highest BCUT2D eigenvalue weighted by Crippen LogP contribution is 2.39. The number of rotatable bonds is 5. The minimum Gasteiger partial charge on any atom is -0.369 e. The number of hydrogen-bond donors (Lipinski definition) is 1. The molecule has 0 radical (unpaired) electrons. The molecule has 1 fully saturated rings. The van der Waals surface area contributed by atoms with Crippen LogP contribution in [0.2, 0.25) is 0 Å². The Morgan fingerprint density at radius 1 is 1.32 bits per heavy atom. The summed E-state index contributed by atoms with van der Waals surface area (Å²) in [5, 5.41) is 3.30. The van der Waals surface area contributed by atoms with E-state index in [9.17, 15) is 0 Å². The van der Waals surface area contributed by atoms with E-state index in [-0.39, 0.29) is 5.60 Å². The van der Waals surface area contributed by atoms with Gasteiger partial charge in [-0.15, -0.1) is 0 Å². The van der Waals surface area contributed by atoms with Crippen LogP contribution < -0.4 is 5.32 Å². The normalized spacial score (nSPS) is 18.3. The maximum atomic E-state index is 6.07. The van der Waals surface area contributed by atoms with Crippen molar-refractivity contribution in [2.24, 2.45) is 0 Å². The fraction of sp³-hybridized carbons (Fsp3) is 0.714. The van der Waals surface area contributed by atoms with E-state index in [0.717, 1.165) is 34.6 Å². The standard InChI is InChI=1S/C14H22IN3O/c1-3-16-12-11(15)10-17-13(18-12)14(19-4-2)8-6-5-7-9-14/h10H,3-9H2,1-2H3,(H,16,17,18). The summed E-state index contributed by atoms with van der Waals surface area (Å²) in [5.41, 5.74) is -0.262. The van der Waals surface area contributed by atoms with Crippen molar-refractivity contribution in [2.45, 2.75) is 51.6 Å². The van der Waals surface area contributed by atoms with Crippen LogP contribution in [0, 0.1) is 3.57 Å². The van der Waals surface area contributed by atoms with Gasteiger partial charge in [0.25, 0.3) is 0 Å². The summed E-state index contributed by atoms with van der Waals surface area (Å²) in [6.45, 7) is 5.71. The third-order valence-corrected chi connectivity index (χ3v) is 4.37. The van der Waals surface area contributed by atoms with Gasteiger partial charge in [0.15, 0.2) is 5.82 Å². The van der Waals surface area contributed by atoms with Gasteiger partial charge in [-0.05, 0) is 49.3 Å². The molecule has 2 rings (SSSR count). The average Bonchev–Trinajstić information content (AvgIpc) is 2.43. The molecule has 0 saturated heterocycles. The third kappa shape index (κ3) is 3.37. The van der Waals surface area contributed by atoms with Gasteiger partial charge >= 0.3 is 0 Å². The zero-order valence-electron chi connectivity index (χ0n) is 11.7. The highest BCUT2D eigenvalue weighted by molar-refractivity contribution is 14.1. The molecule has 0 atom stereocenters. The van der Waals surface area contributed by atoms with Gasteiger partial charge in [0.2, 0.25) is 0 Å². The Hall–Kier alpha value is -0.430. The van der Waals surface area contributed by atoms with Crippen LogP contribution >= 0.6 is 22.6 Å². The summed E-state index contributed by atoms with van der Waals surface area (Å²) in [6.07, 6.45) is 7.66. The minimum absolute atomic E-state index is 0.262. The second-order valence-corrected chi connectivity index (χ2v) is 6.07. The van der Waals surface area contributed by atoms with Gasteiger partial charge < -0.3 is 10.1 Å². The number of anilines is 1. The molecular formula is C14H22IN3O. The van der Waals surface area contributed by atoms with E-state index in [1.807, 2.05) is 13.1 Å². The summed E-state index contributed by atoms with van der Waals surface area (Å²) >= 11 is 2.27. The first-order valence-electron chi connectivity index (χ1n) is 7.12. The van der Waals surface area contributed by atoms with E-state index in [4.69, 9.17) is 9.72 Å². The molecule has 0 aromatic carbocycles. The second-order valence-electron chi connectivity index (χ2n) is 4.91. The van der Waals surface area contributed by atoms with Crippen LogP contribution in [-0.2, 0) is 10.3 Å². The number of ether oxygens (including phenoxy) is 1. The van der Waals surface area contributed by atoms with Crippen LogP contribution in [0.25, 0.3) is 0 Å². The van der Waals surface area contributed by atoms with Crippen molar-refractivity contribution in [2.75, 3.05) is 18.5 Å². The van der Waals surface area contributed by atoms with E-state index in [1.165, 1.54) is 19.3 Å². The van der Waals surface area contributed by atoms with Gasteiger partial charge in [-0.2, -0.15) is 0 Å². The summed E-state index contributed by atoms with van der Waals surface area (Å²) in [7, 11) is 0. The molecule has 4 nitrogen and oxygen atoms in total. The lowest BCUT2D eigenvalue weighted by atomic mass is 9.84. The third-order valence-electron chi connectivity index (χ3n) is 3.58. The molecule has 0 spiro atoms. The Balaban J connectivity index is 2.33. The largest absolute Gasteiger partial charge is 0.369 e. The molecule has 5 heteroatoms. The van der Waals surface area contributed by atoms with E-state index in [0.29, 0.717) is 6.61 Å². The molecule has 0 bridgehead atoms. The van der Waals surface area contributed by atoms with Crippen LogP contribution in [0.3, 0.4) is 0 Å². The van der Waals surface area contributed by atoms with Gasteiger partial charge in [-0.1, -0.05) is 19.3 Å². The van der Waals surface area contributed by atoms with E-state index in [1.54, 1.807) is 0 Å². The summed E-state index contributed by atoms with van der Waals surface area (Å²) < 4.78 is 7.14. The molecular weight excluding hydrogens is 353 g/mol. The van der Waals surface area contributed by atoms with Crippen molar-refractivity contribution in [3.63, 3.8) is 0 Å². The number of halogens is 1. The SMILES string of the molecule is CCNc1nc(C2(OCC)CCCCC2)ncc1I. The van der Waals surface area contributed by atoms with Crippen molar-refractivity contribution in [3.8, 4) is 0 Å². The number of hydrogen-bond acceptors (Lipinski definition) is 4. The number of aromatic nitrogens is 2. The Bertz CT molecular complexity index is 414. The van der Waals surface area contributed by atoms with Crippen LogP contribution in [0.1, 0.15) is 51.8 Å². The van der Waals surface area contributed by atoms with Crippen LogP contribution in [0.4, 0.5) is 5.82 Å². The first-order valence-corrected chi connectivity index (χ1v) is 8.20. The molecule has 1 saturated carbocycles. The summed E-state index contributed by atoms with van der Waals surface area (Å²) in [6, 6.07) is 0. The lowest BCUT2D eigenvalue weighted by molar-refractivity contribution is -0.0766. The Morgan fingerprint density at radius 3 is 2.68 bits per heavy atom. The van der Waals surface area contributed by atoms with Crippen LogP contribution in [0.5, 0.6) is 0 Å². The van der Waals surface area contributed by atoms with Crippen molar-refractivity contribution >= 4 is 28.4 Å². The van der Waals surface area contributed by atoms with Gasteiger partial charge in [0.1, 0.15) is 11.4 Å². The van der Waals surface area contributed by atoms with Crippen molar-refractivity contribution in [1.29, 1.82) is 0 Å². The molecule has 19 heavy (non-hydrogen) atoms. The lowest BCUT2D eigenvalue weighted by Gasteiger charge is -2.35. The van der Waals surface area contributed by atoms with Crippen LogP contribution in [-0.4, -0.2) is 23.1 Å². The molecule has 0 amide bonds. The first-order chi connectivity index (χ1) is 9.22. The predicted molar refractivity (Wildman–Crippen MR) is 85.3 cm³/mol. The smallest absolute Gasteiger partial charge is 0.162 e. The fourth-order valence-electron chi connectivity index (χ4n) is 2.71. The maximum absolute atomic E-state index is 6.07. The van der Waals surface area contributed by atoms with E-state index < -0.39 is 0 Å². The Morgan fingerprint density at radius 2 is 2.05 bits per heavy atom. The van der Waals surface area contributed by atoms with E-state index >= 15 is 0 Å². The van der Waals surface area contributed by atoms with Crippen LogP contribution in [0.15, 0.2) is 6.20 Å². The highest BCUT2D eigenvalue weighted by atomic mass is 127. The van der Waals surface area contributed by atoms with Gasteiger partial charge in [0, 0.05) is 19.3 Å². The van der Waals surface area contributed by atoms with Crippen molar-refractivity contribution in [1.82, 2.24) is 9.97 Å². The molecule has 1 heterocycles. The molecule has 0 aliphatic heterocycles. The fourth-order valence-corrected chi connectivity index (χ4v) is 3.16. The maximum Gasteiger partial charge on any atom is 0.162 e. The highest BCUT2D eigenvalue weighted by Gasteiger charge is 2.37. The quantitative estimate of drug-likeness (QED) is 0.798. The molecule has 1 aliphatic carbocycles. The predicted octanol–water partition coefficient (Wildman–Crippen LogP) is 3.71. The van der Waals surface area contributed by atoms with Gasteiger partial charge in [-0.25, -0.2) is 9.97 Å². The first kappa shape index (κ1) is 15.0. The average molecular weight is 375 g/mol. The Labute approximate surface area is 128 Å². The van der Waals surface area contributed by atoms with E-state index in [2.05, 4.69) is 39.8 Å². The summed E-state index contributed by atoms with van der Waals surface area (Å²) in [5.74, 6) is 1.78. The van der Waals surface area contributed by atoms with Crippen molar-refractivity contribution in [3.05, 3.63) is 15.6 Å². The zero-order chi connectivity index (χ0) is 13.7. The molecule has 1 aliphatic rings. The topological polar surface area (TPSA) is 47.0 Å². The monoisotopic (exact) mass is 375 g/mol. The molecule has 0 unspecified atom stereocenters. The number of nitrogens with zero attached hydrogens (tertiary/aromatic N) is 2. The second kappa shape index (κ2) is 6.83. The van der Waals surface area contributed by atoms with Gasteiger partial charge in [0.05, 0.1) is 3.57 Å². The molecule has 1 N–H and O–H groups in total. The molecule has 1 aromatic heterocycles. The van der Waals surface area contributed by atoms with Crippen molar-refractivity contribution < 1.29 is 4.74 Å². The molecule has 1 aromatic rings. The Kier molecular flexibility index (Phi) is 5.38. The minimum atomic E-state index is -0.262. The molecule has 106 valence electrons. The van der Waals surface area contributed by atoms with Gasteiger partial charge in [-0.3, -0.25) is 0 Å².